The van der Waals surface area contributed by atoms with Gasteiger partial charge in [0.05, 0.1) is 11.3 Å². The molecule has 6 N–H and O–H groups in total. The fraction of sp³-hybridized carbons (Fsp3) is 0. The summed E-state index contributed by atoms with van der Waals surface area (Å²) in [4.78, 5) is 20.3. The molecule has 0 aromatic heterocycles. The van der Waals surface area contributed by atoms with Crippen LogP contribution in [-0.4, -0.2) is 17.9 Å². The third-order valence-corrected chi connectivity index (χ3v) is 3.53. The minimum Gasteiger partial charge on any atom is -0.423 e. The lowest BCUT2D eigenvalue weighted by molar-refractivity contribution is 0.0736. The van der Waals surface area contributed by atoms with Gasteiger partial charge in [-0.2, -0.15) is 4.99 Å². The lowest BCUT2D eigenvalue weighted by Crippen LogP contribution is -2.26. The quantitative estimate of drug-likeness (QED) is 0.290. The topological polar surface area (TPSA) is 129 Å². The highest BCUT2D eigenvalue weighted by atomic mass is 16.5. The molecule has 7 nitrogen and oxygen atoms in total. The minimum atomic E-state index is -0.558. The van der Waals surface area contributed by atoms with Gasteiger partial charge in [-0.15, -0.1) is 0 Å². The largest absolute Gasteiger partial charge is 0.423 e. The van der Waals surface area contributed by atoms with Crippen LogP contribution in [0, 0.1) is 0 Å². The summed E-state index contributed by atoms with van der Waals surface area (Å²) in [5, 5.41) is 2.03. The van der Waals surface area contributed by atoms with E-state index in [0.29, 0.717) is 11.4 Å². The van der Waals surface area contributed by atoms with E-state index >= 15 is 0 Å². The fourth-order valence-electron chi connectivity index (χ4n) is 2.42. The fourth-order valence-corrected chi connectivity index (χ4v) is 2.42. The van der Waals surface area contributed by atoms with Gasteiger partial charge in [0.15, 0.2) is 5.96 Å². The normalized spacial score (nSPS) is 11.2. The molecule has 0 fully saturated rings. The summed E-state index contributed by atoms with van der Waals surface area (Å²) in [6, 6.07) is 19.8. The molecular formula is C19H17N5O2. The minimum absolute atomic E-state index is 0.157. The summed E-state index contributed by atoms with van der Waals surface area (Å²) in [5.74, 6) is -0.500. The first-order chi connectivity index (χ1) is 12.5. The molecule has 0 saturated heterocycles. The number of hydrogen-bond donors (Lipinski definition) is 3. The Morgan fingerprint density at radius 1 is 0.846 bits per heavy atom. The lowest BCUT2D eigenvalue weighted by atomic mass is 10.1. The summed E-state index contributed by atoms with van der Waals surface area (Å²) in [7, 11) is 0. The van der Waals surface area contributed by atoms with Crippen molar-refractivity contribution < 1.29 is 9.53 Å². The zero-order valence-electron chi connectivity index (χ0n) is 13.8. The molecule has 0 saturated carbocycles. The summed E-state index contributed by atoms with van der Waals surface area (Å²) in [5.41, 5.74) is 16.7. The number of para-hydroxylation sites is 1. The van der Waals surface area contributed by atoms with Crippen LogP contribution >= 0.6 is 0 Å². The first-order valence-corrected chi connectivity index (χ1v) is 7.77. The molecule has 26 heavy (non-hydrogen) atoms. The van der Waals surface area contributed by atoms with Gasteiger partial charge in [-0.25, -0.2) is 9.79 Å². The van der Waals surface area contributed by atoms with E-state index < -0.39 is 5.97 Å². The second-order valence-electron chi connectivity index (χ2n) is 5.42. The van der Waals surface area contributed by atoms with Gasteiger partial charge in [0, 0.05) is 0 Å². The van der Waals surface area contributed by atoms with E-state index in [0.717, 1.165) is 10.8 Å². The number of rotatable bonds is 3. The molecule has 0 unspecified atom stereocenters. The van der Waals surface area contributed by atoms with Crippen LogP contribution in [0.15, 0.2) is 76.7 Å². The van der Waals surface area contributed by atoms with Gasteiger partial charge in [-0.3, -0.25) is 0 Å². The van der Waals surface area contributed by atoms with Crippen LogP contribution in [0.1, 0.15) is 10.4 Å². The number of guanidine groups is 2. The molecule has 0 amide bonds. The Labute approximate surface area is 149 Å². The third kappa shape index (κ3) is 3.96. The second-order valence-corrected chi connectivity index (χ2v) is 5.42. The van der Waals surface area contributed by atoms with E-state index in [1.54, 1.807) is 36.4 Å². The Hall–Kier alpha value is -3.87. The lowest BCUT2D eigenvalue weighted by Gasteiger charge is -2.08. The van der Waals surface area contributed by atoms with E-state index in [9.17, 15) is 4.79 Å². The van der Waals surface area contributed by atoms with E-state index in [-0.39, 0.29) is 17.5 Å². The molecule has 7 heteroatoms. The molecular weight excluding hydrogens is 330 g/mol. The molecule has 3 aromatic rings. The van der Waals surface area contributed by atoms with Gasteiger partial charge >= 0.3 is 5.97 Å². The van der Waals surface area contributed by atoms with Crippen LogP contribution in [0.4, 0.5) is 5.69 Å². The van der Waals surface area contributed by atoms with Gasteiger partial charge in [0.1, 0.15) is 5.75 Å². The first-order valence-electron chi connectivity index (χ1n) is 7.77. The number of fused-ring (bicyclic) bond motifs is 1. The molecule has 0 heterocycles. The maximum atomic E-state index is 12.6. The number of nitrogens with two attached hydrogens (primary N) is 3. The molecule has 0 aliphatic carbocycles. The summed E-state index contributed by atoms with van der Waals surface area (Å²) >= 11 is 0. The molecule has 3 rings (SSSR count). The van der Waals surface area contributed by atoms with Crippen molar-refractivity contribution >= 4 is 34.3 Å². The molecule has 0 radical (unpaired) electrons. The van der Waals surface area contributed by atoms with Gasteiger partial charge in [0.2, 0.25) is 5.96 Å². The molecule has 130 valence electrons. The predicted octanol–water partition coefficient (Wildman–Crippen LogP) is 2.28. The maximum absolute atomic E-state index is 12.6. The maximum Gasteiger partial charge on any atom is 0.345 e. The van der Waals surface area contributed by atoms with Crippen molar-refractivity contribution in [3.05, 3.63) is 72.3 Å². The zero-order valence-corrected chi connectivity index (χ0v) is 13.8. The Morgan fingerprint density at radius 3 is 2.31 bits per heavy atom. The van der Waals surface area contributed by atoms with Crippen molar-refractivity contribution in [3.8, 4) is 5.75 Å². The summed E-state index contributed by atoms with van der Waals surface area (Å²) in [6.07, 6.45) is 0. The van der Waals surface area contributed by atoms with Crippen LogP contribution in [0.5, 0.6) is 5.75 Å². The highest BCUT2D eigenvalue weighted by Gasteiger charge is 2.14. The highest BCUT2D eigenvalue weighted by molar-refractivity contribution is 5.99. The van der Waals surface area contributed by atoms with Crippen LogP contribution in [0.3, 0.4) is 0 Å². The number of hydrogen-bond acceptors (Lipinski definition) is 3. The SMILES string of the molecule is NC(N)=NC(N)=Nc1ccccc1C(=O)Oc1ccc2ccccc2c1. The van der Waals surface area contributed by atoms with Crippen molar-refractivity contribution in [2.75, 3.05) is 0 Å². The van der Waals surface area contributed by atoms with Crippen LogP contribution in [0.2, 0.25) is 0 Å². The number of benzene rings is 3. The number of carbonyl (C=O) groups is 1. The Balaban J connectivity index is 1.89. The Bertz CT molecular complexity index is 1020. The van der Waals surface area contributed by atoms with Gasteiger partial charge in [-0.05, 0) is 35.0 Å². The second kappa shape index (κ2) is 7.35. The van der Waals surface area contributed by atoms with Crippen molar-refractivity contribution in [3.63, 3.8) is 0 Å². The number of nitrogens with zero attached hydrogens (tertiary/aromatic N) is 2. The van der Waals surface area contributed by atoms with Crippen molar-refractivity contribution in [1.29, 1.82) is 0 Å². The summed E-state index contributed by atoms with van der Waals surface area (Å²) < 4.78 is 5.48. The van der Waals surface area contributed by atoms with Crippen molar-refractivity contribution in [1.82, 2.24) is 0 Å². The van der Waals surface area contributed by atoms with Gasteiger partial charge in [0.25, 0.3) is 0 Å². The van der Waals surface area contributed by atoms with Crippen molar-refractivity contribution in [2.24, 2.45) is 27.2 Å². The van der Waals surface area contributed by atoms with Crippen LogP contribution in [0.25, 0.3) is 10.8 Å². The number of carbonyl (C=O) groups excluding carboxylic acids is 1. The third-order valence-electron chi connectivity index (χ3n) is 3.53. The smallest absolute Gasteiger partial charge is 0.345 e. The molecule has 0 bridgehead atoms. The number of ether oxygens (including phenoxy) is 1. The number of esters is 1. The highest BCUT2D eigenvalue weighted by Crippen LogP contribution is 2.24. The van der Waals surface area contributed by atoms with Crippen LogP contribution in [-0.2, 0) is 0 Å². The molecule has 0 aliphatic heterocycles. The average molecular weight is 347 g/mol. The molecule has 0 spiro atoms. The van der Waals surface area contributed by atoms with Crippen molar-refractivity contribution in [2.45, 2.75) is 0 Å². The zero-order chi connectivity index (χ0) is 18.5. The van der Waals surface area contributed by atoms with Gasteiger partial charge < -0.3 is 21.9 Å². The Kier molecular flexibility index (Phi) is 4.80. The standard InChI is InChI=1S/C19H17N5O2/c20-18(21)24-19(22)23-16-8-4-3-7-15(16)17(25)26-14-10-9-12-5-1-2-6-13(12)11-14/h1-11H,(H6,20,21,22,23,24). The van der Waals surface area contributed by atoms with E-state index in [2.05, 4.69) is 9.98 Å². The van der Waals surface area contributed by atoms with E-state index in [4.69, 9.17) is 21.9 Å². The number of aliphatic imine (C=N–C) groups is 2. The monoisotopic (exact) mass is 347 g/mol. The summed E-state index contributed by atoms with van der Waals surface area (Å²) in [6.45, 7) is 0. The molecule has 0 aliphatic rings. The molecule has 3 aromatic carbocycles. The predicted molar refractivity (Wildman–Crippen MR) is 102 cm³/mol. The van der Waals surface area contributed by atoms with Crippen LogP contribution < -0.4 is 21.9 Å². The van der Waals surface area contributed by atoms with E-state index in [1.165, 1.54) is 0 Å². The average Bonchev–Trinajstić information content (AvgIpc) is 2.61. The molecule has 0 atom stereocenters. The first kappa shape index (κ1) is 17.0. The van der Waals surface area contributed by atoms with Gasteiger partial charge in [-0.1, -0.05) is 42.5 Å². The Morgan fingerprint density at radius 2 is 1.54 bits per heavy atom. The van der Waals surface area contributed by atoms with E-state index in [1.807, 2.05) is 30.3 Å².